The summed E-state index contributed by atoms with van der Waals surface area (Å²) in [4.78, 5) is 22.7. The Morgan fingerprint density at radius 1 is 1.37 bits per heavy atom. The Hall–Kier alpha value is -1.69. The monoisotopic (exact) mass is 289 g/mol. The zero-order valence-corrected chi connectivity index (χ0v) is 10.4. The molecule has 2 rings (SSSR count). The van der Waals surface area contributed by atoms with Crippen LogP contribution in [0.15, 0.2) is 24.3 Å². The van der Waals surface area contributed by atoms with Gasteiger partial charge >= 0.3 is 11.9 Å². The molecular weight excluding hydrogens is 280 g/mol. The molecule has 0 saturated carbocycles. The summed E-state index contributed by atoms with van der Waals surface area (Å²) in [6, 6.07) is 3.65. The van der Waals surface area contributed by atoms with E-state index >= 15 is 0 Å². The van der Waals surface area contributed by atoms with E-state index in [9.17, 15) is 18.4 Å². The van der Waals surface area contributed by atoms with Crippen LogP contribution in [0.4, 0.5) is 8.78 Å². The third-order valence-corrected chi connectivity index (χ3v) is 2.98. The smallest absolute Gasteiger partial charge is 0.349 e. The van der Waals surface area contributed by atoms with Crippen molar-refractivity contribution in [3.05, 3.63) is 34.9 Å². The van der Waals surface area contributed by atoms with Gasteiger partial charge in [0.25, 0.3) is 5.91 Å². The van der Waals surface area contributed by atoms with Crippen molar-refractivity contribution in [1.29, 1.82) is 0 Å². The van der Waals surface area contributed by atoms with E-state index in [1.54, 1.807) is 0 Å². The summed E-state index contributed by atoms with van der Waals surface area (Å²) in [6.07, 6.45) is 0.196. The molecule has 1 N–H and O–H groups in total. The second kappa shape index (κ2) is 5.13. The highest BCUT2D eigenvalue weighted by atomic mass is 35.5. The molecule has 0 unspecified atom stereocenters. The van der Waals surface area contributed by atoms with Gasteiger partial charge in [-0.3, -0.25) is 4.79 Å². The molecule has 0 radical (unpaired) electrons. The van der Waals surface area contributed by atoms with Crippen molar-refractivity contribution in [1.82, 2.24) is 5.32 Å². The van der Waals surface area contributed by atoms with Crippen LogP contribution in [0.3, 0.4) is 0 Å². The SMILES string of the molecule is O=C1OCC[C@@H]1NC(=O)C(F)(F)c1ccc(Cl)cc1. The average molecular weight is 290 g/mol. The van der Waals surface area contributed by atoms with Gasteiger partial charge in [0.1, 0.15) is 6.04 Å². The molecule has 1 fully saturated rings. The lowest BCUT2D eigenvalue weighted by Gasteiger charge is -2.18. The molecule has 1 saturated heterocycles. The van der Waals surface area contributed by atoms with Crippen molar-refractivity contribution in [2.75, 3.05) is 6.61 Å². The molecule has 0 spiro atoms. The Morgan fingerprint density at radius 2 is 2.00 bits per heavy atom. The van der Waals surface area contributed by atoms with Gasteiger partial charge in [0, 0.05) is 17.0 Å². The zero-order valence-electron chi connectivity index (χ0n) is 9.66. The summed E-state index contributed by atoms with van der Waals surface area (Å²) >= 11 is 5.59. The van der Waals surface area contributed by atoms with E-state index in [-0.39, 0.29) is 13.0 Å². The summed E-state index contributed by atoms with van der Waals surface area (Å²) < 4.78 is 32.3. The topological polar surface area (TPSA) is 55.4 Å². The Labute approximate surface area is 112 Å². The molecule has 1 atom stereocenters. The number of nitrogens with one attached hydrogen (secondary N) is 1. The first-order valence-electron chi connectivity index (χ1n) is 5.52. The van der Waals surface area contributed by atoms with Gasteiger partial charge in [0.2, 0.25) is 0 Å². The molecule has 1 heterocycles. The quantitative estimate of drug-likeness (QED) is 0.864. The number of carbonyl (C=O) groups is 2. The number of hydrogen-bond acceptors (Lipinski definition) is 3. The zero-order chi connectivity index (χ0) is 14.0. The average Bonchev–Trinajstić information content (AvgIpc) is 2.75. The standard InChI is InChI=1S/C12H10ClF2NO3/c13-8-3-1-7(2-4-8)12(14,15)11(18)16-9-5-6-19-10(9)17/h1-4,9H,5-6H2,(H,16,18)/t9-/m0/s1. The molecule has 19 heavy (non-hydrogen) atoms. The normalized spacial score (nSPS) is 19.1. The lowest BCUT2D eigenvalue weighted by atomic mass is 10.1. The summed E-state index contributed by atoms with van der Waals surface area (Å²) in [7, 11) is 0. The number of alkyl halides is 2. The molecule has 1 aromatic carbocycles. The highest BCUT2D eigenvalue weighted by Crippen LogP contribution is 2.29. The third-order valence-electron chi connectivity index (χ3n) is 2.73. The molecule has 1 aromatic rings. The second-order valence-corrected chi connectivity index (χ2v) is 4.50. The predicted molar refractivity (Wildman–Crippen MR) is 62.9 cm³/mol. The van der Waals surface area contributed by atoms with Crippen LogP contribution >= 0.6 is 11.6 Å². The number of esters is 1. The largest absolute Gasteiger partial charge is 0.464 e. The maximum Gasteiger partial charge on any atom is 0.349 e. The van der Waals surface area contributed by atoms with Gasteiger partial charge < -0.3 is 10.1 Å². The van der Waals surface area contributed by atoms with Crippen LogP contribution in [0.25, 0.3) is 0 Å². The van der Waals surface area contributed by atoms with E-state index in [2.05, 4.69) is 4.74 Å². The molecule has 102 valence electrons. The van der Waals surface area contributed by atoms with Gasteiger partial charge in [-0.05, 0) is 12.1 Å². The van der Waals surface area contributed by atoms with Crippen molar-refractivity contribution in [3.63, 3.8) is 0 Å². The van der Waals surface area contributed by atoms with Crippen molar-refractivity contribution in [2.24, 2.45) is 0 Å². The number of rotatable bonds is 3. The van der Waals surface area contributed by atoms with Crippen molar-refractivity contribution >= 4 is 23.5 Å². The van der Waals surface area contributed by atoms with Gasteiger partial charge in [-0.1, -0.05) is 23.7 Å². The Balaban J connectivity index is 2.12. The van der Waals surface area contributed by atoms with Gasteiger partial charge in [-0.15, -0.1) is 0 Å². The maximum absolute atomic E-state index is 13.9. The highest BCUT2D eigenvalue weighted by molar-refractivity contribution is 6.30. The highest BCUT2D eigenvalue weighted by Gasteiger charge is 2.43. The maximum atomic E-state index is 13.9. The van der Waals surface area contributed by atoms with Gasteiger partial charge in [-0.2, -0.15) is 8.78 Å². The van der Waals surface area contributed by atoms with Gasteiger partial charge in [-0.25, -0.2) is 4.79 Å². The Bertz CT molecular complexity index is 504. The van der Waals surface area contributed by atoms with Crippen molar-refractivity contribution in [2.45, 2.75) is 18.4 Å². The van der Waals surface area contributed by atoms with E-state index < -0.39 is 29.4 Å². The fraction of sp³-hybridized carbons (Fsp3) is 0.333. The summed E-state index contributed by atoms with van der Waals surface area (Å²) in [5.74, 6) is -5.95. The molecule has 0 bridgehead atoms. The fourth-order valence-electron chi connectivity index (χ4n) is 1.67. The van der Waals surface area contributed by atoms with Crippen LogP contribution in [0.1, 0.15) is 12.0 Å². The van der Waals surface area contributed by atoms with Crippen LogP contribution in [-0.2, 0) is 20.2 Å². The van der Waals surface area contributed by atoms with E-state index in [4.69, 9.17) is 11.6 Å². The van der Waals surface area contributed by atoms with E-state index in [0.717, 1.165) is 12.1 Å². The van der Waals surface area contributed by atoms with E-state index in [1.165, 1.54) is 12.1 Å². The van der Waals surface area contributed by atoms with Gasteiger partial charge in [0.05, 0.1) is 6.61 Å². The number of hydrogen-bond donors (Lipinski definition) is 1. The first-order valence-corrected chi connectivity index (χ1v) is 5.90. The van der Waals surface area contributed by atoms with Crippen LogP contribution in [0.2, 0.25) is 5.02 Å². The minimum absolute atomic E-state index is 0.121. The van der Waals surface area contributed by atoms with Gasteiger partial charge in [0.15, 0.2) is 0 Å². The number of carbonyl (C=O) groups excluding carboxylic acids is 2. The fourth-order valence-corrected chi connectivity index (χ4v) is 1.79. The summed E-state index contributed by atoms with van der Waals surface area (Å²) in [5.41, 5.74) is -0.485. The first kappa shape index (κ1) is 13.7. The van der Waals surface area contributed by atoms with Crippen molar-refractivity contribution in [3.8, 4) is 0 Å². The molecule has 4 nitrogen and oxygen atoms in total. The van der Waals surface area contributed by atoms with Crippen LogP contribution in [0, 0.1) is 0 Å². The van der Waals surface area contributed by atoms with Crippen LogP contribution < -0.4 is 5.32 Å². The number of amides is 1. The molecule has 7 heteroatoms. The second-order valence-electron chi connectivity index (χ2n) is 4.06. The predicted octanol–water partition coefficient (Wildman–Crippen LogP) is 1.86. The summed E-state index contributed by atoms with van der Waals surface area (Å²) in [5, 5.41) is 2.28. The lowest BCUT2D eigenvalue weighted by molar-refractivity contribution is -0.151. The Kier molecular flexibility index (Phi) is 3.71. The number of ether oxygens (including phenoxy) is 1. The van der Waals surface area contributed by atoms with E-state index in [0.29, 0.717) is 5.02 Å². The molecule has 1 aliphatic heterocycles. The van der Waals surface area contributed by atoms with E-state index in [1.807, 2.05) is 5.32 Å². The molecular formula is C12H10ClF2NO3. The number of benzene rings is 1. The first-order chi connectivity index (χ1) is 8.91. The minimum Gasteiger partial charge on any atom is -0.464 e. The molecule has 1 aliphatic rings. The van der Waals surface area contributed by atoms with Crippen molar-refractivity contribution < 1.29 is 23.1 Å². The molecule has 0 aromatic heterocycles. The van der Waals surface area contributed by atoms with Crippen LogP contribution in [-0.4, -0.2) is 24.5 Å². The number of halogens is 3. The summed E-state index contributed by atoms with van der Waals surface area (Å²) in [6.45, 7) is 0.121. The van der Waals surface area contributed by atoms with Crippen LogP contribution in [0.5, 0.6) is 0 Å². The number of cyclic esters (lactones) is 1. The minimum atomic E-state index is -3.73. The molecule has 0 aliphatic carbocycles. The lowest BCUT2D eigenvalue weighted by Crippen LogP contribution is -2.45. The molecule has 1 amide bonds. The third kappa shape index (κ3) is 2.84. The Morgan fingerprint density at radius 3 is 2.53 bits per heavy atom.